The first-order valence-corrected chi connectivity index (χ1v) is 11.1. The van der Waals surface area contributed by atoms with Gasteiger partial charge in [-0.25, -0.2) is 0 Å². The van der Waals surface area contributed by atoms with Crippen LogP contribution in [0.15, 0.2) is 18.2 Å². The van der Waals surface area contributed by atoms with Gasteiger partial charge in [-0.3, -0.25) is 4.79 Å². The number of rotatable bonds is 8. The fraction of sp³-hybridized carbons (Fsp3) is 0.682. The first-order valence-electron chi connectivity index (χ1n) is 10.8. The molecule has 6 nitrogen and oxygen atoms in total. The van der Waals surface area contributed by atoms with Gasteiger partial charge >= 0.3 is 0 Å². The van der Waals surface area contributed by atoms with E-state index in [-0.39, 0.29) is 18.5 Å². The topological polar surface area (TPSA) is 66.0 Å². The molecule has 0 spiro atoms. The van der Waals surface area contributed by atoms with E-state index >= 15 is 0 Å². The van der Waals surface area contributed by atoms with Gasteiger partial charge in [-0.05, 0) is 75.1 Å². The van der Waals surface area contributed by atoms with Crippen LogP contribution in [0.2, 0.25) is 5.02 Å². The molecule has 1 aromatic carbocycles. The SMILES string of the molecule is O=C1Nc2ccc(Cl)cc2C1(CCOC1CCCCO1)CCOC1CCCCO1. The summed E-state index contributed by atoms with van der Waals surface area (Å²) in [5.74, 6) is -0.0175. The number of carbonyl (C=O) groups excluding carboxylic acids is 1. The molecule has 1 aromatic rings. The summed E-state index contributed by atoms with van der Waals surface area (Å²) in [5.41, 5.74) is 1.03. The van der Waals surface area contributed by atoms with Crippen molar-refractivity contribution in [2.45, 2.75) is 69.4 Å². The zero-order valence-electron chi connectivity index (χ0n) is 16.8. The smallest absolute Gasteiger partial charge is 0.235 e. The van der Waals surface area contributed by atoms with Crippen molar-refractivity contribution in [2.75, 3.05) is 31.7 Å². The van der Waals surface area contributed by atoms with Crippen LogP contribution in [0, 0.1) is 0 Å². The highest BCUT2D eigenvalue weighted by Crippen LogP contribution is 2.44. The van der Waals surface area contributed by atoms with Gasteiger partial charge in [-0.2, -0.15) is 0 Å². The fourth-order valence-electron chi connectivity index (χ4n) is 4.42. The van der Waals surface area contributed by atoms with E-state index in [4.69, 9.17) is 30.5 Å². The summed E-state index contributed by atoms with van der Waals surface area (Å²) in [7, 11) is 0. The van der Waals surface area contributed by atoms with Crippen molar-refractivity contribution in [1.29, 1.82) is 0 Å². The van der Waals surface area contributed by atoms with Gasteiger partial charge in [0.25, 0.3) is 0 Å². The number of carbonyl (C=O) groups is 1. The summed E-state index contributed by atoms with van der Waals surface area (Å²) in [6.07, 6.45) is 6.98. The molecule has 7 heteroatoms. The molecule has 3 heterocycles. The van der Waals surface area contributed by atoms with Crippen molar-refractivity contribution in [2.24, 2.45) is 0 Å². The zero-order valence-corrected chi connectivity index (χ0v) is 17.5. The average molecular weight is 424 g/mol. The number of ether oxygens (including phenoxy) is 4. The Morgan fingerprint density at radius 3 is 2.17 bits per heavy atom. The number of hydrogen-bond donors (Lipinski definition) is 1. The van der Waals surface area contributed by atoms with Gasteiger partial charge in [-0.15, -0.1) is 0 Å². The molecule has 0 saturated carbocycles. The van der Waals surface area contributed by atoms with Crippen LogP contribution in [0.4, 0.5) is 5.69 Å². The molecule has 0 bridgehead atoms. The van der Waals surface area contributed by atoms with Crippen LogP contribution in [0.5, 0.6) is 0 Å². The third kappa shape index (κ3) is 4.94. The maximum absolute atomic E-state index is 13.1. The minimum absolute atomic E-state index is 0.0175. The van der Waals surface area contributed by atoms with Crippen LogP contribution in [0.1, 0.15) is 56.9 Å². The zero-order chi connectivity index (χ0) is 20.1. The molecule has 3 aliphatic heterocycles. The molecular weight excluding hydrogens is 394 g/mol. The molecular formula is C22H30ClNO5. The molecule has 1 N–H and O–H groups in total. The van der Waals surface area contributed by atoms with E-state index in [1.54, 1.807) is 6.07 Å². The Balaban J connectivity index is 1.44. The van der Waals surface area contributed by atoms with Crippen LogP contribution in [-0.2, 0) is 29.2 Å². The highest BCUT2D eigenvalue weighted by molar-refractivity contribution is 6.31. The minimum Gasteiger partial charge on any atom is -0.353 e. The van der Waals surface area contributed by atoms with E-state index < -0.39 is 5.41 Å². The van der Waals surface area contributed by atoms with Gasteiger partial charge in [0.1, 0.15) is 0 Å². The van der Waals surface area contributed by atoms with Gasteiger partial charge in [-0.1, -0.05) is 11.6 Å². The molecule has 0 radical (unpaired) electrons. The monoisotopic (exact) mass is 423 g/mol. The molecule has 0 aromatic heterocycles. The van der Waals surface area contributed by atoms with Crippen molar-refractivity contribution >= 4 is 23.2 Å². The Hall–Kier alpha value is -1.18. The Labute approximate surface area is 177 Å². The van der Waals surface area contributed by atoms with Gasteiger partial charge < -0.3 is 24.3 Å². The number of amides is 1. The molecule has 0 aliphatic carbocycles. The number of fused-ring (bicyclic) bond motifs is 1. The highest BCUT2D eigenvalue weighted by Gasteiger charge is 2.46. The maximum atomic E-state index is 13.1. The van der Waals surface area contributed by atoms with Crippen molar-refractivity contribution in [3.63, 3.8) is 0 Å². The van der Waals surface area contributed by atoms with Crippen LogP contribution in [0.25, 0.3) is 0 Å². The number of nitrogens with one attached hydrogen (secondary N) is 1. The summed E-state index contributed by atoms with van der Waals surface area (Å²) < 4.78 is 23.3. The van der Waals surface area contributed by atoms with E-state index in [0.29, 0.717) is 31.1 Å². The lowest BCUT2D eigenvalue weighted by atomic mass is 9.76. The Kier molecular flexibility index (Phi) is 7.08. The van der Waals surface area contributed by atoms with E-state index in [0.717, 1.165) is 63.0 Å². The second kappa shape index (κ2) is 9.75. The first kappa shape index (κ1) is 21.1. The summed E-state index contributed by atoms with van der Waals surface area (Å²) in [5, 5.41) is 3.64. The molecule has 2 saturated heterocycles. The van der Waals surface area contributed by atoms with Gasteiger partial charge in [0.05, 0.1) is 18.6 Å². The molecule has 160 valence electrons. The Bertz CT molecular complexity index is 676. The largest absolute Gasteiger partial charge is 0.353 e. The molecule has 2 fully saturated rings. The molecule has 4 rings (SSSR count). The lowest BCUT2D eigenvalue weighted by Crippen LogP contribution is -2.38. The van der Waals surface area contributed by atoms with E-state index in [1.807, 2.05) is 12.1 Å². The van der Waals surface area contributed by atoms with Gasteiger partial charge in [0.15, 0.2) is 12.6 Å². The second-order valence-corrected chi connectivity index (χ2v) is 8.50. The van der Waals surface area contributed by atoms with Crippen molar-refractivity contribution in [3.8, 4) is 0 Å². The third-order valence-corrected chi connectivity index (χ3v) is 6.36. The lowest BCUT2D eigenvalue weighted by Gasteiger charge is -2.30. The lowest BCUT2D eigenvalue weighted by molar-refractivity contribution is -0.170. The Morgan fingerprint density at radius 1 is 1.00 bits per heavy atom. The van der Waals surface area contributed by atoms with Gasteiger partial charge in [0, 0.05) is 23.9 Å². The second-order valence-electron chi connectivity index (χ2n) is 8.06. The maximum Gasteiger partial charge on any atom is 0.235 e. The van der Waals surface area contributed by atoms with Crippen LogP contribution < -0.4 is 5.32 Å². The quantitative estimate of drug-likeness (QED) is 0.671. The van der Waals surface area contributed by atoms with E-state index in [2.05, 4.69) is 5.32 Å². The molecule has 3 aliphatic rings. The van der Waals surface area contributed by atoms with Crippen molar-refractivity contribution < 1.29 is 23.7 Å². The molecule has 29 heavy (non-hydrogen) atoms. The van der Waals surface area contributed by atoms with Crippen LogP contribution in [0.3, 0.4) is 0 Å². The first-order chi connectivity index (χ1) is 14.2. The predicted molar refractivity (Wildman–Crippen MR) is 110 cm³/mol. The summed E-state index contributed by atoms with van der Waals surface area (Å²) in [6.45, 7) is 2.38. The normalized spacial score (nSPS) is 29.5. The number of benzene rings is 1. The van der Waals surface area contributed by atoms with Gasteiger partial charge in [0.2, 0.25) is 5.91 Å². The molecule has 1 amide bonds. The molecule has 2 atom stereocenters. The van der Waals surface area contributed by atoms with Crippen LogP contribution >= 0.6 is 11.6 Å². The van der Waals surface area contributed by atoms with E-state index in [9.17, 15) is 4.79 Å². The summed E-state index contributed by atoms with van der Waals surface area (Å²) >= 11 is 6.27. The Morgan fingerprint density at radius 2 is 1.62 bits per heavy atom. The summed E-state index contributed by atoms with van der Waals surface area (Å²) in [4.78, 5) is 13.1. The average Bonchev–Trinajstić information content (AvgIpc) is 3.01. The minimum atomic E-state index is -0.719. The van der Waals surface area contributed by atoms with Crippen molar-refractivity contribution in [3.05, 3.63) is 28.8 Å². The third-order valence-electron chi connectivity index (χ3n) is 6.12. The number of halogens is 1. The number of hydrogen-bond acceptors (Lipinski definition) is 5. The van der Waals surface area contributed by atoms with Crippen LogP contribution in [-0.4, -0.2) is 44.9 Å². The van der Waals surface area contributed by atoms with Crippen molar-refractivity contribution in [1.82, 2.24) is 0 Å². The fourth-order valence-corrected chi connectivity index (χ4v) is 4.59. The molecule has 2 unspecified atom stereocenters. The highest BCUT2D eigenvalue weighted by atomic mass is 35.5. The standard InChI is InChI=1S/C22H30ClNO5/c23-16-7-8-18-17(15-16)22(21(25)24-18,9-13-28-19-5-1-3-11-26-19)10-14-29-20-6-2-4-12-27-20/h7-8,15,19-20H,1-6,9-14H2,(H,24,25). The summed E-state index contributed by atoms with van der Waals surface area (Å²) in [6, 6.07) is 5.56. The van der Waals surface area contributed by atoms with E-state index in [1.165, 1.54) is 0 Å². The number of anilines is 1. The predicted octanol–water partition coefficient (Wildman–Crippen LogP) is 4.40.